The lowest BCUT2D eigenvalue weighted by atomic mass is 9.82. The molecule has 0 heterocycles. The van der Waals surface area contributed by atoms with E-state index in [9.17, 15) is 14.7 Å². The van der Waals surface area contributed by atoms with Gasteiger partial charge >= 0.3 is 0 Å². The van der Waals surface area contributed by atoms with Gasteiger partial charge in [0, 0.05) is 22.4 Å². The number of rotatable bonds is 1. The number of carbonyl (C=O) groups excluding carboxylic acids is 2. The smallest absolute Gasteiger partial charge is 0.196 e. The summed E-state index contributed by atoms with van der Waals surface area (Å²) in [4.78, 5) is 25.0. The predicted octanol–water partition coefficient (Wildman–Crippen LogP) is 2.19. The van der Waals surface area contributed by atoms with E-state index in [0.717, 1.165) is 0 Å². The molecule has 0 spiro atoms. The number of hydrogen-bond acceptors (Lipinski definition) is 4. The Labute approximate surface area is 119 Å². The number of ketones is 2. The molecule has 0 aliphatic heterocycles. The molecule has 2 aromatic rings. The number of aliphatic hydroxyl groups is 1. The van der Waals surface area contributed by atoms with Crippen molar-refractivity contribution in [2.75, 3.05) is 5.73 Å². The first-order valence-electron chi connectivity index (χ1n) is 5.96. The third-order valence-electron chi connectivity index (χ3n) is 3.45. The van der Waals surface area contributed by atoms with E-state index in [1.165, 1.54) is 6.07 Å². The zero-order chi connectivity index (χ0) is 14.4. The molecule has 5 heteroatoms. The number of benzene rings is 2. The quantitative estimate of drug-likeness (QED) is 0.672. The van der Waals surface area contributed by atoms with Crippen molar-refractivity contribution in [2.24, 2.45) is 0 Å². The van der Waals surface area contributed by atoms with Crippen molar-refractivity contribution in [3.8, 4) is 0 Å². The molecule has 1 aliphatic carbocycles. The van der Waals surface area contributed by atoms with Gasteiger partial charge in [-0.3, -0.25) is 9.59 Å². The summed E-state index contributed by atoms with van der Waals surface area (Å²) in [6, 6.07) is 7.97. The van der Waals surface area contributed by atoms with Crippen molar-refractivity contribution >= 4 is 28.9 Å². The van der Waals surface area contributed by atoms with Crippen LogP contribution in [0.25, 0.3) is 0 Å². The van der Waals surface area contributed by atoms with E-state index in [2.05, 4.69) is 0 Å². The summed E-state index contributed by atoms with van der Waals surface area (Å²) >= 11 is 6.09. The van der Waals surface area contributed by atoms with Crippen LogP contribution in [0.2, 0.25) is 5.02 Å². The van der Waals surface area contributed by atoms with Crippen molar-refractivity contribution in [1.29, 1.82) is 0 Å². The standard InChI is InChI=1S/C15H10ClNO3/c16-10-5-7(6-18)13(17)12-11(10)14(19)8-3-1-2-4-9(8)15(12)20/h1-5,18H,6,17H2. The second-order valence-corrected chi connectivity index (χ2v) is 4.95. The molecule has 20 heavy (non-hydrogen) atoms. The lowest BCUT2D eigenvalue weighted by Gasteiger charge is -2.21. The van der Waals surface area contributed by atoms with E-state index in [0.29, 0.717) is 16.7 Å². The van der Waals surface area contributed by atoms with Gasteiger partial charge in [0.25, 0.3) is 0 Å². The molecule has 0 amide bonds. The van der Waals surface area contributed by atoms with Gasteiger partial charge in [-0.05, 0) is 6.07 Å². The molecule has 0 radical (unpaired) electrons. The number of halogens is 1. The fourth-order valence-electron chi connectivity index (χ4n) is 2.45. The fourth-order valence-corrected chi connectivity index (χ4v) is 2.77. The minimum absolute atomic E-state index is 0.0882. The van der Waals surface area contributed by atoms with E-state index < -0.39 is 0 Å². The molecule has 2 aromatic carbocycles. The molecule has 0 saturated heterocycles. The Morgan fingerprint density at radius 2 is 1.60 bits per heavy atom. The molecule has 0 unspecified atom stereocenters. The first kappa shape index (κ1) is 12.8. The molecule has 0 aromatic heterocycles. The highest BCUT2D eigenvalue weighted by Gasteiger charge is 2.33. The van der Waals surface area contributed by atoms with Gasteiger partial charge in [-0.15, -0.1) is 0 Å². The Morgan fingerprint density at radius 1 is 1.05 bits per heavy atom. The Hall–Kier alpha value is -2.17. The maximum Gasteiger partial charge on any atom is 0.196 e. The number of nitrogen functional groups attached to an aromatic ring is 1. The third-order valence-corrected chi connectivity index (χ3v) is 3.74. The molecule has 1 aliphatic rings. The summed E-state index contributed by atoms with van der Waals surface area (Å²) in [5, 5.41) is 9.39. The lowest BCUT2D eigenvalue weighted by molar-refractivity contribution is 0.0979. The Morgan fingerprint density at radius 3 is 2.15 bits per heavy atom. The zero-order valence-electron chi connectivity index (χ0n) is 10.3. The third kappa shape index (κ3) is 1.59. The van der Waals surface area contributed by atoms with Crippen molar-refractivity contribution in [1.82, 2.24) is 0 Å². The van der Waals surface area contributed by atoms with Crippen LogP contribution in [0.15, 0.2) is 30.3 Å². The zero-order valence-corrected chi connectivity index (χ0v) is 11.1. The molecule has 4 nitrogen and oxygen atoms in total. The fraction of sp³-hybridized carbons (Fsp3) is 0.0667. The number of aliphatic hydroxyl groups excluding tert-OH is 1. The van der Waals surface area contributed by atoms with E-state index in [1.807, 2.05) is 0 Å². The van der Waals surface area contributed by atoms with E-state index >= 15 is 0 Å². The maximum absolute atomic E-state index is 12.5. The van der Waals surface area contributed by atoms with Crippen molar-refractivity contribution in [3.05, 3.63) is 63.2 Å². The summed E-state index contributed by atoms with van der Waals surface area (Å²) in [5.74, 6) is -0.665. The Kier molecular flexibility index (Phi) is 2.85. The van der Waals surface area contributed by atoms with Gasteiger partial charge in [0.05, 0.1) is 22.8 Å². The van der Waals surface area contributed by atoms with Crippen molar-refractivity contribution in [3.63, 3.8) is 0 Å². The van der Waals surface area contributed by atoms with Gasteiger partial charge in [-0.25, -0.2) is 0 Å². The molecule has 3 rings (SSSR count). The summed E-state index contributed by atoms with van der Waals surface area (Å²) in [5.41, 5.74) is 7.19. The Bertz CT molecular complexity index is 768. The average molecular weight is 288 g/mol. The highest BCUT2D eigenvalue weighted by Crippen LogP contribution is 2.37. The number of nitrogens with two attached hydrogens (primary N) is 1. The molecular weight excluding hydrogens is 278 g/mol. The van der Waals surface area contributed by atoms with Gasteiger partial charge in [-0.1, -0.05) is 35.9 Å². The normalized spacial score (nSPS) is 13.1. The van der Waals surface area contributed by atoms with Crippen LogP contribution in [0.1, 0.15) is 37.4 Å². The Balaban J connectivity index is 2.39. The second kappa shape index (κ2) is 4.44. The van der Waals surface area contributed by atoms with Crippen molar-refractivity contribution < 1.29 is 14.7 Å². The average Bonchev–Trinajstić information content (AvgIpc) is 2.46. The molecule has 0 atom stereocenters. The van der Waals surface area contributed by atoms with Crippen LogP contribution in [0.5, 0.6) is 0 Å². The molecular formula is C15H10ClNO3. The van der Waals surface area contributed by atoms with Crippen LogP contribution in [-0.2, 0) is 6.61 Å². The van der Waals surface area contributed by atoms with Gasteiger partial charge in [-0.2, -0.15) is 0 Å². The minimum Gasteiger partial charge on any atom is -0.398 e. The van der Waals surface area contributed by atoms with Crippen LogP contribution in [0.3, 0.4) is 0 Å². The number of fused-ring (bicyclic) bond motifs is 2. The number of carbonyl (C=O) groups is 2. The van der Waals surface area contributed by atoms with Crippen LogP contribution in [0.4, 0.5) is 5.69 Å². The van der Waals surface area contributed by atoms with Crippen LogP contribution in [-0.4, -0.2) is 16.7 Å². The van der Waals surface area contributed by atoms with E-state index in [-0.39, 0.29) is 40.0 Å². The van der Waals surface area contributed by atoms with Crippen LogP contribution < -0.4 is 5.73 Å². The molecule has 0 saturated carbocycles. The predicted molar refractivity (Wildman–Crippen MR) is 75.1 cm³/mol. The topological polar surface area (TPSA) is 80.4 Å². The number of anilines is 1. The lowest BCUT2D eigenvalue weighted by Crippen LogP contribution is -2.23. The maximum atomic E-state index is 12.5. The first-order valence-corrected chi connectivity index (χ1v) is 6.34. The monoisotopic (exact) mass is 287 g/mol. The summed E-state index contributed by atoms with van der Waals surface area (Å²) < 4.78 is 0. The molecule has 0 fully saturated rings. The summed E-state index contributed by atoms with van der Waals surface area (Å²) in [6.45, 7) is -0.345. The summed E-state index contributed by atoms with van der Waals surface area (Å²) in [6.07, 6.45) is 0. The van der Waals surface area contributed by atoms with Crippen LogP contribution >= 0.6 is 11.6 Å². The largest absolute Gasteiger partial charge is 0.398 e. The van der Waals surface area contributed by atoms with E-state index in [1.54, 1.807) is 24.3 Å². The first-order chi connectivity index (χ1) is 9.56. The molecule has 3 N–H and O–H groups in total. The van der Waals surface area contributed by atoms with Gasteiger partial charge in [0.1, 0.15) is 0 Å². The van der Waals surface area contributed by atoms with Gasteiger partial charge in [0.15, 0.2) is 11.6 Å². The highest BCUT2D eigenvalue weighted by molar-refractivity contribution is 6.40. The van der Waals surface area contributed by atoms with Gasteiger partial charge < -0.3 is 10.8 Å². The van der Waals surface area contributed by atoms with Crippen molar-refractivity contribution in [2.45, 2.75) is 6.61 Å². The van der Waals surface area contributed by atoms with E-state index in [4.69, 9.17) is 17.3 Å². The molecule has 100 valence electrons. The second-order valence-electron chi connectivity index (χ2n) is 4.54. The SMILES string of the molecule is Nc1c(CO)cc(Cl)c2c1C(=O)c1ccccc1C2=O. The van der Waals surface area contributed by atoms with Crippen LogP contribution in [0, 0.1) is 0 Å². The molecule has 0 bridgehead atoms. The highest BCUT2D eigenvalue weighted by atomic mass is 35.5. The number of hydrogen-bond donors (Lipinski definition) is 2. The summed E-state index contributed by atoms with van der Waals surface area (Å²) in [7, 11) is 0. The minimum atomic E-state index is -0.345. The van der Waals surface area contributed by atoms with Gasteiger partial charge in [0.2, 0.25) is 0 Å².